The number of hydrogen-bond donors (Lipinski definition) is 2. The van der Waals surface area contributed by atoms with Gasteiger partial charge in [-0.15, -0.1) is 0 Å². The van der Waals surface area contributed by atoms with E-state index in [1.807, 2.05) is 68.4 Å². The van der Waals surface area contributed by atoms with Crippen molar-refractivity contribution in [1.29, 1.82) is 0 Å². The van der Waals surface area contributed by atoms with Crippen molar-refractivity contribution in [2.45, 2.75) is 78.5 Å². The molecule has 0 saturated heterocycles. The fourth-order valence-electron chi connectivity index (χ4n) is 4.27. The zero-order valence-corrected chi connectivity index (χ0v) is 24.5. The van der Waals surface area contributed by atoms with Crippen molar-refractivity contribution in [3.63, 3.8) is 0 Å². The van der Waals surface area contributed by atoms with Gasteiger partial charge in [-0.1, -0.05) is 61.5 Å². The van der Waals surface area contributed by atoms with E-state index in [9.17, 15) is 19.2 Å². The smallest absolute Gasteiger partial charge is 0.408 e. The third kappa shape index (κ3) is 10.4. The molecule has 2 N–H and O–H groups in total. The quantitative estimate of drug-likeness (QED) is 0.354. The van der Waals surface area contributed by atoms with Crippen molar-refractivity contribution in [2.75, 3.05) is 19.7 Å². The summed E-state index contributed by atoms with van der Waals surface area (Å²) in [5.74, 6) is -1.25. The summed E-state index contributed by atoms with van der Waals surface area (Å²) < 4.78 is 10.4. The molecule has 0 heterocycles. The molecule has 0 aliphatic rings. The Balaban J connectivity index is 2.45. The Morgan fingerprint density at radius 3 is 2.20 bits per heavy atom. The molecule has 0 spiro atoms. The molecule has 0 radical (unpaired) electrons. The van der Waals surface area contributed by atoms with Crippen molar-refractivity contribution < 1.29 is 28.7 Å². The minimum atomic E-state index is -0.984. The van der Waals surface area contributed by atoms with Gasteiger partial charge in [-0.25, -0.2) is 4.79 Å². The van der Waals surface area contributed by atoms with Gasteiger partial charge in [0.1, 0.15) is 17.7 Å². The summed E-state index contributed by atoms with van der Waals surface area (Å²) >= 11 is 0. The molecule has 9 heteroatoms. The van der Waals surface area contributed by atoms with Gasteiger partial charge in [0.15, 0.2) is 0 Å². The highest BCUT2D eigenvalue weighted by Gasteiger charge is 2.36. The van der Waals surface area contributed by atoms with Crippen LogP contribution in [0.2, 0.25) is 0 Å². The van der Waals surface area contributed by atoms with Crippen LogP contribution in [0.25, 0.3) is 0 Å². The van der Waals surface area contributed by atoms with Crippen molar-refractivity contribution in [1.82, 2.24) is 15.5 Å². The van der Waals surface area contributed by atoms with Crippen LogP contribution in [0.4, 0.5) is 4.79 Å². The van der Waals surface area contributed by atoms with Crippen LogP contribution in [0.15, 0.2) is 54.6 Å². The molecule has 9 nitrogen and oxygen atoms in total. The SMILES string of the molecule is CCCN(C(=O)C(Cc1ccccc1)NC(=O)OC(C)(C)C)C(C(=O)NCCC(=O)OCC)c1ccccc1C. The van der Waals surface area contributed by atoms with Gasteiger partial charge in [0.2, 0.25) is 11.8 Å². The number of nitrogens with one attached hydrogen (secondary N) is 2. The van der Waals surface area contributed by atoms with E-state index in [-0.39, 0.29) is 32.5 Å². The second-order valence-electron chi connectivity index (χ2n) is 10.5. The predicted octanol–water partition coefficient (Wildman–Crippen LogP) is 4.48. The van der Waals surface area contributed by atoms with E-state index in [4.69, 9.17) is 9.47 Å². The van der Waals surface area contributed by atoms with Crippen molar-refractivity contribution in [2.24, 2.45) is 0 Å². The first-order valence-corrected chi connectivity index (χ1v) is 13.8. The third-order valence-corrected chi connectivity index (χ3v) is 6.00. The zero-order chi connectivity index (χ0) is 29.7. The van der Waals surface area contributed by atoms with Crippen molar-refractivity contribution in [3.05, 3.63) is 71.3 Å². The number of amides is 3. The minimum Gasteiger partial charge on any atom is -0.466 e. The first-order chi connectivity index (χ1) is 19.0. The molecule has 2 rings (SSSR count). The highest BCUT2D eigenvalue weighted by Crippen LogP contribution is 2.26. The number of esters is 1. The molecule has 218 valence electrons. The second-order valence-corrected chi connectivity index (χ2v) is 10.5. The Morgan fingerprint density at radius 2 is 1.60 bits per heavy atom. The summed E-state index contributed by atoms with van der Waals surface area (Å²) in [5.41, 5.74) is 1.59. The van der Waals surface area contributed by atoms with Gasteiger partial charge in [0.25, 0.3) is 0 Å². The molecular weight excluding hydrogens is 510 g/mol. The summed E-state index contributed by atoms with van der Waals surface area (Å²) in [4.78, 5) is 54.1. The standard InChI is InChI=1S/C31H43N3O6/c1-7-20-34(27(24-17-13-12-14-22(24)3)28(36)32-19-18-26(35)39-8-2)29(37)25(21-23-15-10-9-11-16-23)33-30(38)40-31(4,5)6/h9-17,25,27H,7-8,18-21H2,1-6H3,(H,32,36)(H,33,38). The van der Waals surface area contributed by atoms with E-state index in [2.05, 4.69) is 10.6 Å². The van der Waals surface area contributed by atoms with Crippen molar-refractivity contribution in [3.8, 4) is 0 Å². The number of ether oxygens (including phenoxy) is 2. The Bertz CT molecular complexity index is 1130. The number of hydrogen-bond acceptors (Lipinski definition) is 6. The van der Waals surface area contributed by atoms with Crippen LogP contribution < -0.4 is 10.6 Å². The highest BCUT2D eigenvalue weighted by atomic mass is 16.6. The fourth-order valence-corrected chi connectivity index (χ4v) is 4.27. The first kappa shape index (κ1) is 32.3. The van der Waals surface area contributed by atoms with Gasteiger partial charge < -0.3 is 25.0 Å². The molecule has 0 fully saturated rings. The number of alkyl carbamates (subject to hydrolysis) is 1. The Labute approximate surface area is 237 Å². The average molecular weight is 554 g/mol. The van der Waals surface area contributed by atoms with E-state index >= 15 is 0 Å². The Morgan fingerprint density at radius 1 is 0.950 bits per heavy atom. The summed E-state index contributed by atoms with van der Waals surface area (Å²) in [6, 6.07) is 14.8. The maximum Gasteiger partial charge on any atom is 0.408 e. The molecule has 0 aliphatic carbocycles. The van der Waals surface area contributed by atoms with Crippen LogP contribution in [-0.4, -0.2) is 60.1 Å². The van der Waals surface area contributed by atoms with Gasteiger partial charge in [0.05, 0.1) is 13.0 Å². The number of benzene rings is 2. The van der Waals surface area contributed by atoms with Crippen LogP contribution in [0.3, 0.4) is 0 Å². The Kier molecular flexibility index (Phi) is 12.6. The van der Waals surface area contributed by atoms with E-state index < -0.39 is 41.6 Å². The molecule has 0 bridgehead atoms. The molecule has 3 amide bonds. The molecule has 2 atom stereocenters. The lowest BCUT2D eigenvalue weighted by atomic mass is 9.97. The van der Waals surface area contributed by atoms with Gasteiger partial charge in [-0.3, -0.25) is 14.4 Å². The van der Waals surface area contributed by atoms with E-state index in [0.29, 0.717) is 12.0 Å². The highest BCUT2D eigenvalue weighted by molar-refractivity contribution is 5.92. The van der Waals surface area contributed by atoms with E-state index in [0.717, 1.165) is 11.1 Å². The average Bonchev–Trinajstić information content (AvgIpc) is 2.88. The maximum absolute atomic E-state index is 14.2. The fraction of sp³-hybridized carbons (Fsp3) is 0.484. The number of aryl methyl sites for hydroxylation is 1. The molecule has 40 heavy (non-hydrogen) atoms. The molecule has 0 saturated carbocycles. The molecule has 0 aromatic heterocycles. The lowest BCUT2D eigenvalue weighted by molar-refractivity contribution is -0.144. The van der Waals surface area contributed by atoms with Crippen LogP contribution in [0.1, 0.15) is 70.2 Å². The summed E-state index contributed by atoms with van der Waals surface area (Å²) in [5, 5.41) is 5.55. The van der Waals surface area contributed by atoms with Crippen molar-refractivity contribution >= 4 is 23.9 Å². The minimum absolute atomic E-state index is 0.0125. The lowest BCUT2D eigenvalue weighted by Crippen LogP contribution is -2.54. The second kappa shape index (κ2) is 15.6. The summed E-state index contributed by atoms with van der Waals surface area (Å²) in [7, 11) is 0. The first-order valence-electron chi connectivity index (χ1n) is 13.8. The Hall–Kier alpha value is -3.88. The van der Waals surface area contributed by atoms with Gasteiger partial charge in [-0.05, 0) is 57.7 Å². The monoisotopic (exact) mass is 553 g/mol. The maximum atomic E-state index is 14.2. The van der Waals surface area contributed by atoms with E-state index in [1.165, 1.54) is 4.90 Å². The molecule has 0 aliphatic heterocycles. The van der Waals surface area contributed by atoms with Gasteiger partial charge in [-0.2, -0.15) is 0 Å². The van der Waals surface area contributed by atoms with Crippen LogP contribution >= 0.6 is 0 Å². The van der Waals surface area contributed by atoms with Gasteiger partial charge >= 0.3 is 12.1 Å². The molecule has 2 aromatic carbocycles. The van der Waals surface area contributed by atoms with Crippen LogP contribution in [0, 0.1) is 6.92 Å². The van der Waals surface area contributed by atoms with Crippen LogP contribution in [-0.2, 0) is 30.3 Å². The normalized spacial score (nSPS) is 12.6. The molecular formula is C31H43N3O6. The van der Waals surface area contributed by atoms with E-state index in [1.54, 1.807) is 27.7 Å². The topological polar surface area (TPSA) is 114 Å². The molecule has 2 aromatic rings. The third-order valence-electron chi connectivity index (χ3n) is 6.00. The van der Waals surface area contributed by atoms with Crippen LogP contribution in [0.5, 0.6) is 0 Å². The summed E-state index contributed by atoms with van der Waals surface area (Å²) in [6.45, 7) is 11.4. The largest absolute Gasteiger partial charge is 0.466 e. The molecule has 2 unspecified atom stereocenters. The number of nitrogens with zero attached hydrogens (tertiary/aromatic N) is 1. The van der Waals surface area contributed by atoms with Gasteiger partial charge in [0, 0.05) is 19.5 Å². The zero-order valence-electron chi connectivity index (χ0n) is 24.5. The summed E-state index contributed by atoms with van der Waals surface area (Å²) in [6.07, 6.45) is 0.0850. The number of carbonyl (C=O) groups excluding carboxylic acids is 4. The lowest BCUT2D eigenvalue weighted by Gasteiger charge is -2.35. The number of carbonyl (C=O) groups is 4. The predicted molar refractivity (Wildman–Crippen MR) is 153 cm³/mol. The number of rotatable bonds is 13.